The molecule has 3 heterocycles. The number of aliphatic imine (C=N–C) groups is 1. The molecule has 1 N–H and O–H groups in total. The summed E-state index contributed by atoms with van der Waals surface area (Å²) in [6.45, 7) is 15.7. The standard InChI is InChI=1S/C41H38N2/c1-8-31-24(3)37-21-28-19-26(33-12-10-11-13-34(28)33)18-27-20-29(36-17-15-30(41(5,6)7)14-16-35(27)36)22-38-25(4)32(9-2)40(43-38)23-39(31)42-37/h10-16,18-19,21-23,43H,8-9H2,1-7H3. The lowest BCUT2D eigenvalue weighted by atomic mass is 9.86. The Kier molecular flexibility index (Phi) is 6.33. The molecule has 2 heteroatoms. The highest BCUT2D eigenvalue weighted by Crippen LogP contribution is 2.42. The van der Waals surface area contributed by atoms with Crippen LogP contribution in [0.4, 0.5) is 0 Å². The van der Waals surface area contributed by atoms with Crippen LogP contribution in [0.5, 0.6) is 0 Å². The lowest BCUT2D eigenvalue weighted by Gasteiger charge is -2.18. The summed E-state index contributed by atoms with van der Waals surface area (Å²) >= 11 is 0. The van der Waals surface area contributed by atoms with E-state index in [1.165, 1.54) is 55.7 Å². The van der Waals surface area contributed by atoms with Gasteiger partial charge in [0, 0.05) is 33.0 Å². The van der Waals surface area contributed by atoms with Gasteiger partial charge in [0.15, 0.2) is 0 Å². The molecule has 0 radical (unpaired) electrons. The molecule has 43 heavy (non-hydrogen) atoms. The Hall–Kier alpha value is -4.61. The minimum atomic E-state index is 0.0326. The molecule has 0 unspecified atom stereocenters. The van der Waals surface area contributed by atoms with E-state index in [4.69, 9.17) is 4.99 Å². The van der Waals surface area contributed by atoms with Gasteiger partial charge in [-0.2, -0.15) is 0 Å². The molecule has 1 aromatic carbocycles. The van der Waals surface area contributed by atoms with E-state index >= 15 is 0 Å². The number of nitrogens with one attached hydrogen (secondary N) is 1. The van der Waals surface area contributed by atoms with E-state index in [2.05, 4.69) is 138 Å². The van der Waals surface area contributed by atoms with E-state index in [1.807, 2.05) is 0 Å². The first-order chi connectivity index (χ1) is 20.7. The van der Waals surface area contributed by atoms with E-state index in [-0.39, 0.29) is 5.41 Å². The molecule has 0 fully saturated rings. The molecule has 0 saturated heterocycles. The zero-order valence-corrected chi connectivity index (χ0v) is 26.3. The summed E-state index contributed by atoms with van der Waals surface area (Å²) in [7, 11) is 0. The Bertz CT molecular complexity index is 2130. The normalized spacial score (nSPS) is 18.5. The van der Waals surface area contributed by atoms with Gasteiger partial charge in [0.25, 0.3) is 0 Å². The highest BCUT2D eigenvalue weighted by atomic mass is 14.8. The third-order valence-electron chi connectivity index (χ3n) is 9.33. The van der Waals surface area contributed by atoms with Crippen molar-refractivity contribution in [2.75, 3.05) is 0 Å². The molecule has 0 atom stereocenters. The molecular formula is C41H38N2. The largest absolute Gasteiger partial charge is 0.355 e. The maximum atomic E-state index is 5.22. The van der Waals surface area contributed by atoms with E-state index < -0.39 is 0 Å². The first kappa shape index (κ1) is 27.2. The van der Waals surface area contributed by atoms with Crippen LogP contribution >= 0.6 is 0 Å². The minimum absolute atomic E-state index is 0.0326. The van der Waals surface area contributed by atoms with Gasteiger partial charge in [-0.05, 0) is 119 Å². The van der Waals surface area contributed by atoms with Crippen molar-refractivity contribution < 1.29 is 0 Å². The zero-order valence-electron chi connectivity index (χ0n) is 26.3. The summed E-state index contributed by atoms with van der Waals surface area (Å²) in [5.41, 5.74) is 25.4. The topological polar surface area (TPSA) is 28.1 Å². The summed E-state index contributed by atoms with van der Waals surface area (Å²) in [6.07, 6.45) is 20.0. The fraction of sp³-hybridized carbons (Fsp3) is 0.244. The van der Waals surface area contributed by atoms with Gasteiger partial charge in [0.1, 0.15) is 0 Å². The highest BCUT2D eigenvalue weighted by molar-refractivity contribution is 6.23. The molecule has 2 aromatic rings. The smallest absolute Gasteiger partial charge is 0.0693 e. The first-order valence-corrected chi connectivity index (χ1v) is 15.5. The fourth-order valence-corrected chi connectivity index (χ4v) is 6.81. The van der Waals surface area contributed by atoms with E-state index in [9.17, 15) is 0 Å². The molecule has 8 bridgehead atoms. The number of aromatic amines is 1. The number of nitrogens with zero attached hydrogens (tertiary/aromatic N) is 1. The van der Waals surface area contributed by atoms with Gasteiger partial charge >= 0.3 is 0 Å². The third-order valence-corrected chi connectivity index (χ3v) is 9.33. The molecule has 5 aliphatic rings. The second-order valence-electron chi connectivity index (χ2n) is 13.0. The van der Waals surface area contributed by atoms with Crippen molar-refractivity contribution in [1.82, 2.24) is 4.98 Å². The Balaban J connectivity index is 1.57. The third kappa shape index (κ3) is 4.47. The van der Waals surface area contributed by atoms with E-state index in [0.717, 1.165) is 51.7 Å². The van der Waals surface area contributed by atoms with Gasteiger partial charge in [-0.3, -0.25) is 0 Å². The van der Waals surface area contributed by atoms with Crippen molar-refractivity contribution in [3.8, 4) is 0 Å². The van der Waals surface area contributed by atoms with Crippen molar-refractivity contribution in [1.29, 1.82) is 0 Å². The van der Waals surface area contributed by atoms with E-state index in [0.29, 0.717) is 0 Å². The number of benzene rings is 1. The van der Waals surface area contributed by atoms with Crippen molar-refractivity contribution in [3.63, 3.8) is 0 Å². The van der Waals surface area contributed by atoms with Crippen LogP contribution < -0.4 is 10.7 Å². The molecule has 7 rings (SSSR count). The predicted octanol–water partition coefficient (Wildman–Crippen LogP) is 8.47. The van der Waals surface area contributed by atoms with Crippen LogP contribution in [-0.2, 0) is 6.42 Å². The first-order valence-electron chi connectivity index (χ1n) is 15.5. The molecule has 2 nitrogen and oxygen atoms in total. The van der Waals surface area contributed by atoms with Gasteiger partial charge in [-0.1, -0.05) is 71.0 Å². The zero-order chi connectivity index (χ0) is 30.0. The van der Waals surface area contributed by atoms with Crippen LogP contribution in [0, 0.1) is 12.3 Å². The monoisotopic (exact) mass is 558 g/mol. The molecule has 1 aromatic heterocycles. The molecule has 3 aliphatic carbocycles. The number of aromatic nitrogens is 1. The van der Waals surface area contributed by atoms with Crippen LogP contribution in [0.1, 0.15) is 70.2 Å². The van der Waals surface area contributed by atoms with Gasteiger partial charge < -0.3 is 4.98 Å². The van der Waals surface area contributed by atoms with E-state index in [1.54, 1.807) is 0 Å². The number of H-pyrrole nitrogens is 1. The average molecular weight is 559 g/mol. The van der Waals surface area contributed by atoms with Crippen molar-refractivity contribution >= 4 is 29.0 Å². The summed E-state index contributed by atoms with van der Waals surface area (Å²) in [5, 5.41) is 2.26. The lowest BCUT2D eigenvalue weighted by Crippen LogP contribution is -2.15. The number of hydrogen-bond acceptors (Lipinski definition) is 1. The van der Waals surface area contributed by atoms with Gasteiger partial charge in [0.05, 0.1) is 11.4 Å². The molecule has 2 aliphatic heterocycles. The van der Waals surface area contributed by atoms with Gasteiger partial charge in [0.2, 0.25) is 0 Å². The maximum Gasteiger partial charge on any atom is 0.0693 e. The second-order valence-corrected chi connectivity index (χ2v) is 13.0. The number of fused-ring (bicyclic) bond motifs is 10. The van der Waals surface area contributed by atoms with Gasteiger partial charge in [-0.25, -0.2) is 4.99 Å². The molecule has 0 amide bonds. The maximum absolute atomic E-state index is 5.22. The average Bonchev–Trinajstić information content (AvgIpc) is 3.60. The summed E-state index contributed by atoms with van der Waals surface area (Å²) in [4.78, 5) is 9.00. The quantitative estimate of drug-likeness (QED) is 0.358. The Morgan fingerprint density at radius 2 is 1.56 bits per heavy atom. The fourth-order valence-electron chi connectivity index (χ4n) is 6.81. The molecule has 212 valence electrons. The predicted molar refractivity (Wildman–Crippen MR) is 182 cm³/mol. The van der Waals surface area contributed by atoms with Crippen molar-refractivity contribution in [3.05, 3.63) is 150 Å². The van der Waals surface area contributed by atoms with Crippen LogP contribution in [-0.4, -0.2) is 10.7 Å². The summed E-state index contributed by atoms with van der Waals surface area (Å²) in [5.74, 6) is 0. The van der Waals surface area contributed by atoms with Crippen molar-refractivity contribution in [2.24, 2.45) is 10.4 Å². The van der Waals surface area contributed by atoms with Crippen LogP contribution in [0.25, 0.3) is 23.3 Å². The SMILES string of the molecule is CCC1=C(C)C2=CC3=CC(=CC4=C=C(C=c5[nH]c(c(CC)c5C)=CC1=N2)C1=C=CC(C(C)(C)C)=CC=C41)c1ccccc13. The second kappa shape index (κ2) is 9.99. The molecule has 0 spiro atoms. The van der Waals surface area contributed by atoms with Crippen molar-refractivity contribution in [2.45, 2.75) is 61.3 Å². The minimum Gasteiger partial charge on any atom is -0.355 e. The Morgan fingerprint density at radius 3 is 2.26 bits per heavy atom. The summed E-state index contributed by atoms with van der Waals surface area (Å²) < 4.78 is 0. The molecular weight excluding hydrogens is 520 g/mol. The van der Waals surface area contributed by atoms with Gasteiger partial charge in [-0.15, -0.1) is 11.5 Å². The van der Waals surface area contributed by atoms with Crippen LogP contribution in [0.3, 0.4) is 0 Å². The Labute approximate surface area is 255 Å². The Morgan fingerprint density at radius 1 is 0.814 bits per heavy atom. The number of allylic oxidation sites excluding steroid dienone is 13. The number of hydrogen-bond donors (Lipinski definition) is 1. The summed E-state index contributed by atoms with van der Waals surface area (Å²) in [6, 6.07) is 8.72. The highest BCUT2D eigenvalue weighted by Gasteiger charge is 2.26. The lowest BCUT2D eigenvalue weighted by molar-refractivity contribution is 0.517. The number of rotatable bonds is 2. The van der Waals surface area contributed by atoms with Crippen LogP contribution in [0.15, 0.2) is 122 Å². The molecule has 0 saturated carbocycles. The van der Waals surface area contributed by atoms with Crippen LogP contribution in [0.2, 0.25) is 0 Å².